The monoisotopic (exact) mass is 317 g/mol. The number of nitrogens with one attached hydrogen (secondary N) is 1. The van der Waals surface area contributed by atoms with Crippen LogP contribution in [0.25, 0.3) is 0 Å². The van der Waals surface area contributed by atoms with E-state index in [4.69, 9.17) is 0 Å². The average Bonchev–Trinajstić information content (AvgIpc) is 2.96. The highest BCUT2D eigenvalue weighted by Crippen LogP contribution is 2.28. The highest BCUT2D eigenvalue weighted by atomic mass is 16.2. The molecule has 0 radical (unpaired) electrons. The Morgan fingerprint density at radius 3 is 2.78 bits per heavy atom. The summed E-state index contributed by atoms with van der Waals surface area (Å²) in [6.45, 7) is 7.05. The van der Waals surface area contributed by atoms with Gasteiger partial charge in [0, 0.05) is 31.7 Å². The first kappa shape index (κ1) is 17.5. The summed E-state index contributed by atoms with van der Waals surface area (Å²) in [5.41, 5.74) is 2.09. The first-order valence-corrected chi connectivity index (χ1v) is 8.41. The van der Waals surface area contributed by atoms with E-state index in [1.165, 1.54) is 0 Å². The van der Waals surface area contributed by atoms with Crippen LogP contribution in [0.1, 0.15) is 25.8 Å². The zero-order chi connectivity index (χ0) is 16.8. The van der Waals surface area contributed by atoms with E-state index < -0.39 is 0 Å². The second-order valence-electron chi connectivity index (χ2n) is 6.07. The normalized spacial score (nSPS) is 17.8. The van der Waals surface area contributed by atoms with Gasteiger partial charge in [0.2, 0.25) is 11.8 Å². The molecule has 2 rings (SSSR count). The molecule has 1 fully saturated rings. The quantitative estimate of drug-likeness (QED) is 0.832. The fourth-order valence-electron chi connectivity index (χ4n) is 2.86. The molecular weight excluding hydrogens is 290 g/mol. The van der Waals surface area contributed by atoms with Gasteiger partial charge in [-0.05, 0) is 31.6 Å². The van der Waals surface area contributed by atoms with Crippen molar-refractivity contribution >= 4 is 17.5 Å². The molecule has 2 amide bonds. The minimum atomic E-state index is -0.251. The Kier molecular flexibility index (Phi) is 6.16. The summed E-state index contributed by atoms with van der Waals surface area (Å²) >= 11 is 0. The number of carbonyl (C=O) groups excluding carboxylic acids is 2. The number of carbonyl (C=O) groups is 2. The van der Waals surface area contributed by atoms with Crippen LogP contribution >= 0.6 is 0 Å². The van der Waals surface area contributed by atoms with Gasteiger partial charge in [-0.2, -0.15) is 0 Å². The van der Waals surface area contributed by atoms with Crippen LogP contribution in [0.15, 0.2) is 24.3 Å². The fourth-order valence-corrected chi connectivity index (χ4v) is 2.86. The molecule has 1 heterocycles. The van der Waals surface area contributed by atoms with Gasteiger partial charge in [0.15, 0.2) is 0 Å². The molecule has 0 aromatic heterocycles. The predicted octanol–water partition coefficient (Wildman–Crippen LogP) is 1.67. The summed E-state index contributed by atoms with van der Waals surface area (Å²) in [5, 5.41) is 2.95. The molecule has 1 unspecified atom stereocenters. The second kappa shape index (κ2) is 8.11. The second-order valence-corrected chi connectivity index (χ2v) is 6.07. The molecule has 5 heteroatoms. The Hall–Kier alpha value is -1.88. The van der Waals surface area contributed by atoms with E-state index in [2.05, 4.69) is 24.1 Å². The molecule has 1 N–H and O–H groups in total. The predicted molar refractivity (Wildman–Crippen MR) is 92.5 cm³/mol. The van der Waals surface area contributed by atoms with Crippen LogP contribution in [0, 0.1) is 5.92 Å². The van der Waals surface area contributed by atoms with Crippen molar-refractivity contribution in [1.82, 2.24) is 10.2 Å². The van der Waals surface area contributed by atoms with Crippen molar-refractivity contribution in [3.05, 3.63) is 29.8 Å². The Morgan fingerprint density at radius 2 is 2.09 bits per heavy atom. The summed E-state index contributed by atoms with van der Waals surface area (Å²) < 4.78 is 0. The molecule has 1 saturated heterocycles. The van der Waals surface area contributed by atoms with Gasteiger partial charge in [-0.25, -0.2) is 0 Å². The molecule has 0 saturated carbocycles. The van der Waals surface area contributed by atoms with Crippen LogP contribution in [-0.2, 0) is 16.0 Å². The van der Waals surface area contributed by atoms with Gasteiger partial charge in [-0.15, -0.1) is 0 Å². The molecule has 5 nitrogen and oxygen atoms in total. The Labute approximate surface area is 138 Å². The first-order chi connectivity index (χ1) is 11.1. The number of aryl methyl sites for hydroxylation is 1. The zero-order valence-corrected chi connectivity index (χ0v) is 14.3. The largest absolute Gasteiger partial charge is 0.355 e. The highest BCUT2D eigenvalue weighted by molar-refractivity contribution is 6.00. The van der Waals surface area contributed by atoms with E-state index >= 15 is 0 Å². The van der Waals surface area contributed by atoms with Gasteiger partial charge >= 0.3 is 0 Å². The lowest BCUT2D eigenvalue weighted by molar-refractivity contribution is -0.126. The summed E-state index contributed by atoms with van der Waals surface area (Å²) in [5.74, 6) is -0.226. The summed E-state index contributed by atoms with van der Waals surface area (Å²) in [4.78, 5) is 28.5. The van der Waals surface area contributed by atoms with Gasteiger partial charge < -0.3 is 15.1 Å². The number of benzene rings is 1. The SMILES string of the molecule is CCc1ccccc1N1CC(C(=O)NCCN(C)CC)CC1=O. The third-order valence-electron chi connectivity index (χ3n) is 4.49. The Bertz CT molecular complexity index is 559. The van der Waals surface area contributed by atoms with Gasteiger partial charge in [0.1, 0.15) is 0 Å². The Balaban J connectivity index is 1.95. The van der Waals surface area contributed by atoms with Crippen LogP contribution in [0.4, 0.5) is 5.69 Å². The number of anilines is 1. The number of hydrogen-bond donors (Lipinski definition) is 1. The van der Waals surface area contributed by atoms with E-state index in [9.17, 15) is 9.59 Å². The minimum absolute atomic E-state index is 0.0145. The molecule has 0 spiro atoms. The molecule has 1 aromatic carbocycles. The lowest BCUT2D eigenvalue weighted by Crippen LogP contribution is -2.37. The molecule has 126 valence electrons. The minimum Gasteiger partial charge on any atom is -0.355 e. The van der Waals surface area contributed by atoms with Crippen molar-refractivity contribution in [2.45, 2.75) is 26.7 Å². The summed E-state index contributed by atoms with van der Waals surface area (Å²) in [6, 6.07) is 7.93. The first-order valence-electron chi connectivity index (χ1n) is 8.41. The third kappa shape index (κ3) is 4.32. The van der Waals surface area contributed by atoms with Crippen molar-refractivity contribution in [3.63, 3.8) is 0 Å². The lowest BCUT2D eigenvalue weighted by Gasteiger charge is -2.20. The molecule has 1 aliphatic heterocycles. The average molecular weight is 317 g/mol. The molecule has 23 heavy (non-hydrogen) atoms. The van der Waals surface area contributed by atoms with E-state index in [0.717, 1.165) is 30.8 Å². The standard InChI is InChI=1S/C18H27N3O2/c1-4-14-8-6-7-9-16(14)21-13-15(12-17(21)22)18(23)19-10-11-20(3)5-2/h6-9,15H,4-5,10-13H2,1-3H3,(H,19,23). The van der Waals surface area contributed by atoms with E-state index in [0.29, 0.717) is 19.5 Å². The van der Waals surface area contributed by atoms with Crippen molar-refractivity contribution < 1.29 is 9.59 Å². The van der Waals surface area contributed by atoms with Crippen molar-refractivity contribution in [1.29, 1.82) is 0 Å². The van der Waals surface area contributed by atoms with Crippen molar-refractivity contribution in [2.75, 3.05) is 38.1 Å². The van der Waals surface area contributed by atoms with Gasteiger partial charge in [0.25, 0.3) is 0 Å². The summed E-state index contributed by atoms with van der Waals surface area (Å²) in [7, 11) is 2.02. The molecule has 0 aliphatic carbocycles. The smallest absolute Gasteiger partial charge is 0.227 e. The van der Waals surface area contributed by atoms with Crippen LogP contribution in [0.2, 0.25) is 0 Å². The van der Waals surface area contributed by atoms with Gasteiger partial charge in [-0.3, -0.25) is 9.59 Å². The number of para-hydroxylation sites is 1. The number of likely N-dealkylation sites (N-methyl/N-ethyl adjacent to an activating group) is 1. The number of rotatable bonds is 7. The lowest BCUT2D eigenvalue weighted by atomic mass is 10.1. The topological polar surface area (TPSA) is 52.7 Å². The van der Waals surface area contributed by atoms with Crippen LogP contribution in [0.5, 0.6) is 0 Å². The highest BCUT2D eigenvalue weighted by Gasteiger charge is 2.35. The van der Waals surface area contributed by atoms with Gasteiger partial charge in [0.05, 0.1) is 5.92 Å². The Morgan fingerprint density at radius 1 is 1.35 bits per heavy atom. The van der Waals surface area contributed by atoms with Crippen molar-refractivity contribution in [3.8, 4) is 0 Å². The van der Waals surface area contributed by atoms with Crippen LogP contribution < -0.4 is 10.2 Å². The molecule has 1 atom stereocenters. The summed E-state index contributed by atoms with van der Waals surface area (Å²) in [6.07, 6.45) is 1.17. The van der Waals surface area contributed by atoms with Crippen molar-refractivity contribution in [2.24, 2.45) is 5.92 Å². The van der Waals surface area contributed by atoms with Gasteiger partial charge in [-0.1, -0.05) is 32.0 Å². The maximum atomic E-state index is 12.3. The maximum absolute atomic E-state index is 12.3. The number of amides is 2. The molecule has 1 aliphatic rings. The van der Waals surface area contributed by atoms with Crippen LogP contribution in [-0.4, -0.2) is 49.9 Å². The van der Waals surface area contributed by atoms with E-state index in [1.54, 1.807) is 4.90 Å². The third-order valence-corrected chi connectivity index (χ3v) is 4.49. The number of nitrogens with zero attached hydrogens (tertiary/aromatic N) is 2. The van der Waals surface area contributed by atoms with Crippen LogP contribution in [0.3, 0.4) is 0 Å². The molecular formula is C18H27N3O2. The zero-order valence-electron chi connectivity index (χ0n) is 14.3. The molecule has 0 bridgehead atoms. The molecule has 1 aromatic rings. The fraction of sp³-hybridized carbons (Fsp3) is 0.556. The number of hydrogen-bond acceptors (Lipinski definition) is 3. The van der Waals surface area contributed by atoms with E-state index in [-0.39, 0.29) is 17.7 Å². The maximum Gasteiger partial charge on any atom is 0.227 e. The van der Waals surface area contributed by atoms with E-state index in [1.807, 2.05) is 31.3 Å².